The first-order valence-corrected chi connectivity index (χ1v) is 10.3. The highest BCUT2D eigenvalue weighted by Crippen LogP contribution is 2.67. The maximum atomic E-state index is 10.3. The monoisotopic (exact) mass is 319 g/mol. The van der Waals surface area contributed by atoms with Gasteiger partial charge in [0.05, 0.1) is 6.10 Å². The standard InChI is InChI=1S/C21H37NO/c1-13(23)17-6-7-18-16-5-4-14-12-15(22)8-10-20(14,2)19(16)9-11-21(17,18)3/h13-19,23H,4-12,22H2,1-3H3/t13-,14+,15-,16-,17+,18-,19-,20-,21+/m0/s1. The first-order chi connectivity index (χ1) is 10.9. The largest absolute Gasteiger partial charge is 0.393 e. The van der Waals surface area contributed by atoms with Gasteiger partial charge in [0.15, 0.2) is 0 Å². The van der Waals surface area contributed by atoms with Crippen molar-refractivity contribution in [2.45, 2.75) is 90.7 Å². The van der Waals surface area contributed by atoms with Gasteiger partial charge in [-0.2, -0.15) is 0 Å². The Balaban J connectivity index is 1.60. The molecule has 9 atom stereocenters. The van der Waals surface area contributed by atoms with Gasteiger partial charge in [0.25, 0.3) is 0 Å². The summed E-state index contributed by atoms with van der Waals surface area (Å²) in [5.41, 5.74) is 7.26. The van der Waals surface area contributed by atoms with E-state index in [-0.39, 0.29) is 6.10 Å². The Morgan fingerprint density at radius 3 is 2.35 bits per heavy atom. The van der Waals surface area contributed by atoms with E-state index in [1.165, 1.54) is 57.8 Å². The summed E-state index contributed by atoms with van der Waals surface area (Å²) in [7, 11) is 0. The fourth-order valence-corrected chi connectivity index (χ4v) is 8.12. The van der Waals surface area contributed by atoms with Gasteiger partial charge in [-0.1, -0.05) is 13.8 Å². The Kier molecular flexibility index (Phi) is 3.89. The average Bonchev–Trinajstić information content (AvgIpc) is 2.85. The Morgan fingerprint density at radius 2 is 1.61 bits per heavy atom. The summed E-state index contributed by atoms with van der Waals surface area (Å²) in [6, 6.07) is 0.463. The SMILES string of the molecule is C[C@H](O)[C@H]1CC[C@H]2[C@@H]3CC[C@@H]4C[C@@H](N)CC[C@]4(C)[C@H]3CC[C@]12C. The Bertz CT molecular complexity index is 463. The van der Waals surface area contributed by atoms with E-state index in [2.05, 4.69) is 13.8 Å². The number of hydrogen-bond donors (Lipinski definition) is 2. The molecule has 0 unspecified atom stereocenters. The second-order valence-corrected chi connectivity index (χ2v) is 10.2. The minimum atomic E-state index is -0.124. The van der Waals surface area contributed by atoms with Crippen LogP contribution in [-0.2, 0) is 0 Å². The minimum Gasteiger partial charge on any atom is -0.393 e. The lowest BCUT2D eigenvalue weighted by molar-refractivity contribution is -0.120. The fourth-order valence-electron chi connectivity index (χ4n) is 8.12. The molecule has 23 heavy (non-hydrogen) atoms. The zero-order valence-electron chi connectivity index (χ0n) is 15.4. The summed E-state index contributed by atoms with van der Waals surface area (Å²) >= 11 is 0. The van der Waals surface area contributed by atoms with Crippen molar-refractivity contribution in [2.75, 3.05) is 0 Å². The molecule has 4 fully saturated rings. The normalized spacial score (nSPS) is 57.3. The Morgan fingerprint density at radius 1 is 0.913 bits per heavy atom. The highest BCUT2D eigenvalue weighted by Gasteiger charge is 2.60. The van der Waals surface area contributed by atoms with Crippen LogP contribution in [0.5, 0.6) is 0 Å². The molecule has 2 heteroatoms. The molecule has 0 aromatic heterocycles. The van der Waals surface area contributed by atoms with E-state index in [0.29, 0.717) is 22.8 Å². The molecule has 0 aromatic rings. The second-order valence-electron chi connectivity index (χ2n) is 10.2. The van der Waals surface area contributed by atoms with Gasteiger partial charge >= 0.3 is 0 Å². The number of rotatable bonds is 1. The molecule has 0 radical (unpaired) electrons. The number of nitrogens with two attached hydrogens (primary N) is 1. The highest BCUT2D eigenvalue weighted by molar-refractivity contribution is 5.09. The van der Waals surface area contributed by atoms with Gasteiger partial charge in [-0.25, -0.2) is 0 Å². The van der Waals surface area contributed by atoms with Crippen LogP contribution in [0.3, 0.4) is 0 Å². The van der Waals surface area contributed by atoms with E-state index in [4.69, 9.17) is 5.73 Å². The van der Waals surface area contributed by atoms with Gasteiger partial charge in [-0.3, -0.25) is 0 Å². The zero-order valence-corrected chi connectivity index (χ0v) is 15.4. The molecule has 2 nitrogen and oxygen atoms in total. The van der Waals surface area contributed by atoms with Crippen LogP contribution in [0.1, 0.15) is 78.6 Å². The van der Waals surface area contributed by atoms with Crippen molar-refractivity contribution < 1.29 is 5.11 Å². The third-order valence-corrected chi connectivity index (χ3v) is 9.36. The van der Waals surface area contributed by atoms with Crippen LogP contribution in [0.15, 0.2) is 0 Å². The van der Waals surface area contributed by atoms with Gasteiger partial charge < -0.3 is 10.8 Å². The molecule has 4 aliphatic rings. The van der Waals surface area contributed by atoms with Crippen LogP contribution in [0.4, 0.5) is 0 Å². The predicted molar refractivity (Wildman–Crippen MR) is 94.9 cm³/mol. The molecule has 132 valence electrons. The van der Waals surface area contributed by atoms with Gasteiger partial charge in [0, 0.05) is 6.04 Å². The van der Waals surface area contributed by atoms with E-state index < -0.39 is 0 Å². The van der Waals surface area contributed by atoms with E-state index in [1.54, 1.807) is 0 Å². The van der Waals surface area contributed by atoms with Crippen LogP contribution in [0.25, 0.3) is 0 Å². The first kappa shape index (κ1) is 16.4. The lowest BCUT2D eigenvalue weighted by Crippen LogP contribution is -2.55. The molecule has 4 aliphatic carbocycles. The second kappa shape index (κ2) is 5.46. The summed E-state index contributed by atoms with van der Waals surface area (Å²) in [6.45, 7) is 7.17. The van der Waals surface area contributed by atoms with Crippen molar-refractivity contribution in [1.82, 2.24) is 0 Å². The molecule has 0 aliphatic heterocycles. The first-order valence-electron chi connectivity index (χ1n) is 10.3. The molecule has 0 spiro atoms. The third kappa shape index (κ3) is 2.27. The van der Waals surface area contributed by atoms with Crippen molar-refractivity contribution in [3.8, 4) is 0 Å². The maximum absolute atomic E-state index is 10.3. The van der Waals surface area contributed by atoms with Crippen LogP contribution < -0.4 is 5.73 Å². The van der Waals surface area contributed by atoms with Crippen molar-refractivity contribution in [1.29, 1.82) is 0 Å². The van der Waals surface area contributed by atoms with Crippen LogP contribution in [-0.4, -0.2) is 17.3 Å². The molecule has 0 saturated heterocycles. The lowest BCUT2D eigenvalue weighted by Gasteiger charge is -2.61. The molecular formula is C21H37NO. The average molecular weight is 320 g/mol. The Labute approximate surface area is 142 Å². The summed E-state index contributed by atoms with van der Waals surface area (Å²) in [5.74, 6) is 4.14. The van der Waals surface area contributed by atoms with Crippen LogP contribution in [0.2, 0.25) is 0 Å². The van der Waals surface area contributed by atoms with E-state index in [0.717, 1.165) is 23.7 Å². The molecule has 3 N–H and O–H groups in total. The predicted octanol–water partition coefficient (Wildman–Crippen LogP) is 4.35. The van der Waals surface area contributed by atoms with Gasteiger partial charge in [-0.05, 0) is 105 Å². The smallest absolute Gasteiger partial charge is 0.0545 e. The summed E-state index contributed by atoms with van der Waals surface area (Å²) in [6.07, 6.45) is 12.0. The number of fused-ring (bicyclic) bond motifs is 5. The van der Waals surface area contributed by atoms with Crippen LogP contribution in [0, 0.1) is 40.4 Å². The number of aliphatic hydroxyl groups excluding tert-OH is 1. The van der Waals surface area contributed by atoms with E-state index in [9.17, 15) is 5.11 Å². The molecular weight excluding hydrogens is 282 g/mol. The van der Waals surface area contributed by atoms with E-state index >= 15 is 0 Å². The highest BCUT2D eigenvalue weighted by atomic mass is 16.3. The molecule has 4 rings (SSSR count). The third-order valence-electron chi connectivity index (χ3n) is 9.36. The minimum absolute atomic E-state index is 0.124. The molecule has 4 saturated carbocycles. The Hall–Kier alpha value is -0.0800. The van der Waals surface area contributed by atoms with Gasteiger partial charge in [0.1, 0.15) is 0 Å². The molecule has 0 heterocycles. The van der Waals surface area contributed by atoms with E-state index in [1.807, 2.05) is 6.92 Å². The van der Waals surface area contributed by atoms with Gasteiger partial charge in [-0.15, -0.1) is 0 Å². The molecule has 0 amide bonds. The van der Waals surface area contributed by atoms with Crippen molar-refractivity contribution in [3.05, 3.63) is 0 Å². The summed E-state index contributed by atoms with van der Waals surface area (Å²) < 4.78 is 0. The van der Waals surface area contributed by atoms with Crippen molar-refractivity contribution in [3.63, 3.8) is 0 Å². The molecule has 0 aromatic carbocycles. The fraction of sp³-hybridized carbons (Fsp3) is 1.00. The number of aliphatic hydroxyl groups is 1. The van der Waals surface area contributed by atoms with Gasteiger partial charge in [0.2, 0.25) is 0 Å². The summed E-state index contributed by atoms with van der Waals surface area (Å²) in [5, 5.41) is 10.3. The lowest BCUT2D eigenvalue weighted by atomic mass is 9.44. The number of hydrogen-bond acceptors (Lipinski definition) is 2. The van der Waals surface area contributed by atoms with Crippen LogP contribution >= 0.6 is 0 Å². The van der Waals surface area contributed by atoms with Crippen molar-refractivity contribution >= 4 is 0 Å². The maximum Gasteiger partial charge on any atom is 0.0545 e. The quantitative estimate of drug-likeness (QED) is 0.754. The zero-order chi connectivity index (χ0) is 16.4. The molecule has 0 bridgehead atoms. The topological polar surface area (TPSA) is 46.2 Å². The summed E-state index contributed by atoms with van der Waals surface area (Å²) in [4.78, 5) is 0. The van der Waals surface area contributed by atoms with Crippen molar-refractivity contribution in [2.24, 2.45) is 46.2 Å².